The van der Waals surface area contributed by atoms with Crippen molar-refractivity contribution in [1.29, 1.82) is 0 Å². The molecule has 0 radical (unpaired) electrons. The summed E-state index contributed by atoms with van der Waals surface area (Å²) in [5, 5.41) is 0. The summed E-state index contributed by atoms with van der Waals surface area (Å²) in [5.41, 5.74) is 6.99. The zero-order valence-electron chi connectivity index (χ0n) is 10.8. The van der Waals surface area contributed by atoms with Crippen molar-refractivity contribution in [2.75, 3.05) is 11.4 Å². The molecule has 1 aromatic rings. The summed E-state index contributed by atoms with van der Waals surface area (Å²) in [6.45, 7) is 5.19. The van der Waals surface area contributed by atoms with E-state index in [0.717, 1.165) is 30.9 Å². The van der Waals surface area contributed by atoms with Crippen LogP contribution in [0, 0.1) is 6.92 Å². The van der Waals surface area contributed by atoms with Gasteiger partial charge in [0.2, 0.25) is 0 Å². The molecule has 0 atom stereocenters. The number of anilines is 1. The maximum atomic E-state index is 5.96. The topological polar surface area (TPSA) is 55.0 Å². The second-order valence-electron chi connectivity index (χ2n) is 4.87. The first-order valence-electron chi connectivity index (χ1n) is 6.51. The normalized spacial score (nSPS) is 24.6. The highest BCUT2D eigenvalue weighted by Gasteiger charge is 2.24. The van der Waals surface area contributed by atoms with Crippen LogP contribution in [0.4, 0.5) is 5.82 Å². The van der Waals surface area contributed by atoms with Gasteiger partial charge in [-0.25, -0.2) is 9.97 Å². The number of aromatic nitrogens is 2. The Hall–Kier alpha value is -1.16. The zero-order chi connectivity index (χ0) is 12.3. The third kappa shape index (κ3) is 2.94. The van der Waals surface area contributed by atoms with Crippen LogP contribution in [0.3, 0.4) is 0 Å². The first-order valence-corrected chi connectivity index (χ1v) is 6.51. The van der Waals surface area contributed by atoms with Crippen LogP contribution in [0.15, 0.2) is 12.4 Å². The fraction of sp³-hybridized carbons (Fsp3) is 0.692. The fourth-order valence-electron chi connectivity index (χ4n) is 2.62. The quantitative estimate of drug-likeness (QED) is 0.867. The molecular formula is C13H22N4. The lowest BCUT2D eigenvalue weighted by molar-refractivity contribution is 0.376. The summed E-state index contributed by atoms with van der Waals surface area (Å²) in [6.07, 6.45) is 6.27. The molecule has 0 saturated heterocycles. The molecule has 2 rings (SSSR count). The minimum Gasteiger partial charge on any atom is -0.354 e. The van der Waals surface area contributed by atoms with Gasteiger partial charge in [0, 0.05) is 30.4 Å². The Bertz CT molecular complexity index is 358. The Kier molecular flexibility index (Phi) is 3.94. The first-order chi connectivity index (χ1) is 8.20. The van der Waals surface area contributed by atoms with Crippen molar-refractivity contribution in [2.24, 2.45) is 5.73 Å². The van der Waals surface area contributed by atoms with Crippen molar-refractivity contribution in [1.82, 2.24) is 9.97 Å². The highest BCUT2D eigenvalue weighted by molar-refractivity contribution is 5.40. The van der Waals surface area contributed by atoms with Crippen LogP contribution >= 0.6 is 0 Å². The predicted octanol–water partition coefficient (Wildman–Crippen LogP) is 1.88. The molecule has 1 fully saturated rings. The molecule has 0 amide bonds. The minimum atomic E-state index is 0.400. The van der Waals surface area contributed by atoms with Crippen LogP contribution in [0.25, 0.3) is 0 Å². The van der Waals surface area contributed by atoms with Crippen LogP contribution in [0.1, 0.15) is 38.3 Å². The van der Waals surface area contributed by atoms with Crippen molar-refractivity contribution in [3.63, 3.8) is 0 Å². The molecule has 0 aliphatic heterocycles. The molecule has 1 aliphatic carbocycles. The average molecular weight is 234 g/mol. The summed E-state index contributed by atoms with van der Waals surface area (Å²) in [5.74, 6) is 1.06. The maximum Gasteiger partial charge on any atom is 0.132 e. The van der Waals surface area contributed by atoms with Gasteiger partial charge in [-0.1, -0.05) is 0 Å². The molecule has 0 spiro atoms. The molecule has 1 aromatic heterocycles. The maximum absolute atomic E-state index is 5.96. The lowest BCUT2D eigenvalue weighted by Crippen LogP contribution is -2.41. The molecule has 4 nitrogen and oxygen atoms in total. The molecule has 0 aromatic carbocycles. The molecule has 4 heteroatoms. The SMILES string of the molecule is CCN(c1cc(C)ncn1)C1CCC(N)CC1. The standard InChI is InChI=1S/C13H22N4/c1-3-17(12-6-4-11(14)5-7-12)13-8-10(2)15-9-16-13/h8-9,11-12H,3-7,14H2,1-2H3. The number of hydrogen-bond donors (Lipinski definition) is 1. The van der Waals surface area contributed by atoms with Crippen LogP contribution in [0.2, 0.25) is 0 Å². The van der Waals surface area contributed by atoms with Gasteiger partial charge in [0.1, 0.15) is 12.1 Å². The smallest absolute Gasteiger partial charge is 0.132 e. The summed E-state index contributed by atoms with van der Waals surface area (Å²) in [6, 6.07) is 3.06. The second kappa shape index (κ2) is 5.45. The lowest BCUT2D eigenvalue weighted by Gasteiger charge is -2.36. The van der Waals surface area contributed by atoms with Crippen molar-refractivity contribution in [2.45, 2.75) is 51.6 Å². The Labute approximate surface area is 103 Å². The number of nitrogens with zero attached hydrogens (tertiary/aromatic N) is 3. The summed E-state index contributed by atoms with van der Waals surface area (Å²) >= 11 is 0. The minimum absolute atomic E-state index is 0.400. The van der Waals surface area contributed by atoms with E-state index in [2.05, 4.69) is 27.9 Å². The third-order valence-corrected chi connectivity index (χ3v) is 3.61. The van der Waals surface area contributed by atoms with E-state index in [-0.39, 0.29) is 0 Å². The first kappa shape index (κ1) is 12.3. The molecule has 1 saturated carbocycles. The van der Waals surface area contributed by atoms with Gasteiger partial charge in [0.15, 0.2) is 0 Å². The van der Waals surface area contributed by atoms with Crippen LogP contribution < -0.4 is 10.6 Å². The molecule has 1 aliphatic rings. The Morgan fingerprint density at radius 3 is 2.59 bits per heavy atom. The lowest BCUT2D eigenvalue weighted by atomic mass is 9.90. The van der Waals surface area contributed by atoms with Crippen molar-refractivity contribution >= 4 is 5.82 Å². The van der Waals surface area contributed by atoms with Gasteiger partial charge in [-0.15, -0.1) is 0 Å². The third-order valence-electron chi connectivity index (χ3n) is 3.61. The van der Waals surface area contributed by atoms with E-state index >= 15 is 0 Å². The van der Waals surface area contributed by atoms with Gasteiger partial charge in [-0.05, 0) is 39.5 Å². The second-order valence-corrected chi connectivity index (χ2v) is 4.87. The van der Waals surface area contributed by atoms with Gasteiger partial charge >= 0.3 is 0 Å². The molecule has 0 unspecified atom stereocenters. The highest BCUT2D eigenvalue weighted by atomic mass is 15.2. The van der Waals surface area contributed by atoms with Crippen LogP contribution in [-0.4, -0.2) is 28.6 Å². The number of rotatable bonds is 3. The monoisotopic (exact) mass is 234 g/mol. The van der Waals surface area contributed by atoms with Crippen LogP contribution in [0.5, 0.6) is 0 Å². The molecule has 17 heavy (non-hydrogen) atoms. The van der Waals surface area contributed by atoms with Gasteiger partial charge in [0.05, 0.1) is 0 Å². The Balaban J connectivity index is 2.10. The molecular weight excluding hydrogens is 212 g/mol. The number of nitrogens with two attached hydrogens (primary N) is 1. The summed E-state index contributed by atoms with van der Waals surface area (Å²) in [4.78, 5) is 10.9. The van der Waals surface area contributed by atoms with E-state index in [0.29, 0.717) is 12.1 Å². The highest BCUT2D eigenvalue weighted by Crippen LogP contribution is 2.25. The van der Waals surface area contributed by atoms with E-state index in [9.17, 15) is 0 Å². The summed E-state index contributed by atoms with van der Waals surface area (Å²) < 4.78 is 0. The summed E-state index contributed by atoms with van der Waals surface area (Å²) in [7, 11) is 0. The van der Waals surface area contributed by atoms with E-state index < -0.39 is 0 Å². The van der Waals surface area contributed by atoms with Gasteiger partial charge in [-0.3, -0.25) is 0 Å². The molecule has 1 heterocycles. The van der Waals surface area contributed by atoms with Crippen molar-refractivity contribution < 1.29 is 0 Å². The Morgan fingerprint density at radius 1 is 1.29 bits per heavy atom. The predicted molar refractivity (Wildman–Crippen MR) is 70.0 cm³/mol. The van der Waals surface area contributed by atoms with Crippen molar-refractivity contribution in [3.8, 4) is 0 Å². The molecule has 94 valence electrons. The largest absolute Gasteiger partial charge is 0.354 e. The molecule has 2 N–H and O–H groups in total. The number of aryl methyl sites for hydroxylation is 1. The van der Waals surface area contributed by atoms with Crippen molar-refractivity contribution in [3.05, 3.63) is 18.1 Å². The zero-order valence-corrected chi connectivity index (χ0v) is 10.8. The van der Waals surface area contributed by atoms with Crippen LogP contribution in [-0.2, 0) is 0 Å². The van der Waals surface area contributed by atoms with Gasteiger partial charge in [-0.2, -0.15) is 0 Å². The average Bonchev–Trinajstić information content (AvgIpc) is 2.33. The molecule has 0 bridgehead atoms. The van der Waals surface area contributed by atoms with Gasteiger partial charge < -0.3 is 10.6 Å². The van der Waals surface area contributed by atoms with E-state index in [1.54, 1.807) is 6.33 Å². The Morgan fingerprint density at radius 2 is 2.00 bits per heavy atom. The van der Waals surface area contributed by atoms with E-state index in [4.69, 9.17) is 5.73 Å². The number of hydrogen-bond acceptors (Lipinski definition) is 4. The van der Waals surface area contributed by atoms with E-state index in [1.807, 2.05) is 6.92 Å². The fourth-order valence-corrected chi connectivity index (χ4v) is 2.62. The van der Waals surface area contributed by atoms with E-state index in [1.165, 1.54) is 12.8 Å². The van der Waals surface area contributed by atoms with Gasteiger partial charge in [0.25, 0.3) is 0 Å².